The summed E-state index contributed by atoms with van der Waals surface area (Å²) < 4.78 is 2.10. The predicted octanol–water partition coefficient (Wildman–Crippen LogP) is 3.94. The van der Waals surface area contributed by atoms with Crippen molar-refractivity contribution in [2.45, 2.75) is 45.3 Å². The number of hydrogen-bond donors (Lipinski definition) is 1. The first-order chi connectivity index (χ1) is 14.6. The van der Waals surface area contributed by atoms with E-state index in [4.69, 9.17) is 0 Å². The van der Waals surface area contributed by atoms with E-state index >= 15 is 0 Å². The molecule has 4 rings (SSSR count). The lowest BCUT2D eigenvalue weighted by Crippen LogP contribution is -2.32. The van der Waals surface area contributed by atoms with Crippen molar-refractivity contribution >= 4 is 23.2 Å². The topological polar surface area (TPSA) is 67.2 Å². The van der Waals surface area contributed by atoms with Crippen molar-refractivity contribution in [1.29, 1.82) is 0 Å². The molecule has 1 fully saturated rings. The summed E-state index contributed by atoms with van der Waals surface area (Å²) in [5.74, 6) is -0.0474. The van der Waals surface area contributed by atoms with E-state index in [0.29, 0.717) is 36.9 Å². The summed E-state index contributed by atoms with van der Waals surface area (Å²) in [4.78, 5) is 31.5. The number of carbonyl (C=O) groups excluding carboxylic acids is 2. The van der Waals surface area contributed by atoms with E-state index in [9.17, 15) is 9.59 Å². The average Bonchev–Trinajstić information content (AvgIpc) is 3.27. The van der Waals surface area contributed by atoms with Crippen LogP contribution in [0.3, 0.4) is 0 Å². The minimum atomic E-state index is -0.0877. The van der Waals surface area contributed by atoms with Crippen LogP contribution in [-0.4, -0.2) is 38.9 Å². The second kappa shape index (κ2) is 9.26. The molecule has 0 atom stereocenters. The first kappa shape index (κ1) is 20.3. The van der Waals surface area contributed by atoms with Crippen LogP contribution < -0.4 is 5.32 Å². The van der Waals surface area contributed by atoms with Gasteiger partial charge < -0.3 is 14.8 Å². The molecule has 3 aromatic rings. The van der Waals surface area contributed by atoms with E-state index < -0.39 is 0 Å². The Balaban J connectivity index is 1.45. The minimum absolute atomic E-state index is 0.0403. The highest BCUT2D eigenvalue weighted by molar-refractivity contribution is 7.09. The Morgan fingerprint density at radius 3 is 2.73 bits per heavy atom. The van der Waals surface area contributed by atoms with Gasteiger partial charge in [0.1, 0.15) is 10.7 Å². The van der Waals surface area contributed by atoms with E-state index in [0.717, 1.165) is 30.0 Å². The molecule has 1 aromatic carbocycles. The molecule has 0 bridgehead atoms. The highest BCUT2D eigenvalue weighted by Gasteiger charge is 2.25. The van der Waals surface area contributed by atoms with Crippen LogP contribution in [0.1, 0.15) is 57.7 Å². The van der Waals surface area contributed by atoms with E-state index in [1.165, 1.54) is 11.3 Å². The van der Waals surface area contributed by atoms with E-state index in [1.807, 2.05) is 58.9 Å². The maximum Gasteiger partial charge on any atom is 0.270 e. The van der Waals surface area contributed by atoms with E-state index in [2.05, 4.69) is 21.8 Å². The van der Waals surface area contributed by atoms with Gasteiger partial charge in [-0.15, -0.1) is 11.3 Å². The molecule has 7 heteroatoms. The fourth-order valence-corrected chi connectivity index (χ4v) is 4.12. The number of nitrogens with zero attached hydrogens (tertiary/aromatic N) is 3. The van der Waals surface area contributed by atoms with Crippen LogP contribution in [0.5, 0.6) is 0 Å². The van der Waals surface area contributed by atoms with Crippen molar-refractivity contribution in [2.75, 3.05) is 6.54 Å². The molecule has 1 aliphatic rings. The lowest BCUT2D eigenvalue weighted by atomic mass is 10.2. The van der Waals surface area contributed by atoms with Gasteiger partial charge in [-0.05, 0) is 43.5 Å². The van der Waals surface area contributed by atoms with Crippen LogP contribution in [0.25, 0.3) is 0 Å². The molecular weight excluding hydrogens is 396 g/mol. The third kappa shape index (κ3) is 4.97. The van der Waals surface area contributed by atoms with Crippen LogP contribution in [-0.2, 0) is 13.1 Å². The van der Waals surface area contributed by atoms with E-state index in [1.54, 1.807) is 0 Å². The predicted molar refractivity (Wildman–Crippen MR) is 118 cm³/mol. The van der Waals surface area contributed by atoms with Crippen LogP contribution in [0, 0.1) is 0 Å². The molecule has 0 saturated heterocycles. The smallest absolute Gasteiger partial charge is 0.270 e. The summed E-state index contributed by atoms with van der Waals surface area (Å²) in [6.45, 7) is 3.90. The standard InChI is InChI=1S/C23H26N4O2S/c1-2-12-27(23(29)17-7-4-3-5-8-17)14-19-9-6-13-26(19)15-21-25-20(16-30-21)22(28)24-18-10-11-18/h3-9,13,16,18H,2,10-12,14-15H2,1H3,(H,24,28). The number of aromatic nitrogens is 2. The maximum atomic E-state index is 13.0. The van der Waals surface area contributed by atoms with Gasteiger partial charge in [0.05, 0.1) is 13.1 Å². The first-order valence-corrected chi connectivity index (χ1v) is 11.3. The highest BCUT2D eigenvalue weighted by atomic mass is 32.1. The van der Waals surface area contributed by atoms with Gasteiger partial charge in [-0.3, -0.25) is 9.59 Å². The first-order valence-electron chi connectivity index (χ1n) is 10.4. The van der Waals surface area contributed by atoms with Gasteiger partial charge in [0.2, 0.25) is 0 Å². The molecular formula is C23H26N4O2S. The Morgan fingerprint density at radius 1 is 1.20 bits per heavy atom. The van der Waals surface area contributed by atoms with Crippen LogP contribution in [0.2, 0.25) is 0 Å². The summed E-state index contributed by atoms with van der Waals surface area (Å²) in [6, 6.07) is 13.8. The third-order valence-corrected chi connectivity index (χ3v) is 5.91. The second-order valence-electron chi connectivity index (χ2n) is 7.59. The van der Waals surface area contributed by atoms with Crippen molar-refractivity contribution in [3.8, 4) is 0 Å². The Hall–Kier alpha value is -2.93. The van der Waals surface area contributed by atoms with Crippen molar-refractivity contribution in [3.05, 3.63) is 76.0 Å². The lowest BCUT2D eigenvalue weighted by molar-refractivity contribution is 0.0739. The van der Waals surface area contributed by atoms with Gasteiger partial charge in [-0.1, -0.05) is 25.1 Å². The SMILES string of the molecule is CCCN(Cc1cccn1Cc1nc(C(=O)NC2CC2)cs1)C(=O)c1ccccc1. The quantitative estimate of drug-likeness (QED) is 0.568. The molecule has 2 aromatic heterocycles. The highest BCUT2D eigenvalue weighted by Crippen LogP contribution is 2.20. The summed E-state index contributed by atoms with van der Waals surface area (Å²) in [6.07, 6.45) is 5.01. The minimum Gasteiger partial charge on any atom is -0.348 e. The molecule has 1 aliphatic carbocycles. The molecule has 1 saturated carbocycles. The fraction of sp³-hybridized carbons (Fsp3) is 0.348. The average molecular weight is 423 g/mol. The number of carbonyl (C=O) groups is 2. The van der Waals surface area contributed by atoms with Crippen molar-refractivity contribution < 1.29 is 9.59 Å². The molecule has 0 spiro atoms. The Kier molecular flexibility index (Phi) is 6.28. The lowest BCUT2D eigenvalue weighted by Gasteiger charge is -2.23. The second-order valence-corrected chi connectivity index (χ2v) is 8.54. The number of benzene rings is 1. The molecule has 6 nitrogen and oxygen atoms in total. The van der Waals surface area contributed by atoms with Gasteiger partial charge in [-0.25, -0.2) is 4.98 Å². The number of nitrogens with one attached hydrogen (secondary N) is 1. The number of hydrogen-bond acceptors (Lipinski definition) is 4. The summed E-state index contributed by atoms with van der Waals surface area (Å²) in [5.41, 5.74) is 2.24. The molecule has 1 N–H and O–H groups in total. The summed E-state index contributed by atoms with van der Waals surface area (Å²) in [7, 11) is 0. The molecule has 0 aliphatic heterocycles. The Labute approximate surface area is 180 Å². The third-order valence-electron chi connectivity index (χ3n) is 5.08. The molecule has 30 heavy (non-hydrogen) atoms. The van der Waals surface area contributed by atoms with Crippen LogP contribution in [0.15, 0.2) is 54.0 Å². The zero-order valence-corrected chi connectivity index (χ0v) is 17.9. The van der Waals surface area contributed by atoms with Gasteiger partial charge in [0, 0.05) is 35.4 Å². The fourth-order valence-electron chi connectivity index (χ4n) is 3.35. The van der Waals surface area contributed by atoms with E-state index in [-0.39, 0.29) is 11.8 Å². The van der Waals surface area contributed by atoms with Crippen LogP contribution >= 0.6 is 11.3 Å². The Morgan fingerprint density at radius 2 is 2.00 bits per heavy atom. The summed E-state index contributed by atoms with van der Waals surface area (Å²) in [5, 5.41) is 5.67. The largest absolute Gasteiger partial charge is 0.348 e. The number of thiazole rings is 1. The normalized spacial score (nSPS) is 13.2. The number of amides is 2. The van der Waals surface area contributed by atoms with Gasteiger partial charge in [0.15, 0.2) is 0 Å². The van der Waals surface area contributed by atoms with Crippen LogP contribution in [0.4, 0.5) is 0 Å². The van der Waals surface area contributed by atoms with Gasteiger partial charge in [-0.2, -0.15) is 0 Å². The van der Waals surface area contributed by atoms with Crippen molar-refractivity contribution in [1.82, 2.24) is 19.8 Å². The zero-order chi connectivity index (χ0) is 20.9. The molecule has 0 radical (unpaired) electrons. The van der Waals surface area contributed by atoms with Gasteiger partial charge >= 0.3 is 0 Å². The number of rotatable bonds is 9. The molecule has 2 heterocycles. The molecule has 0 unspecified atom stereocenters. The molecule has 156 valence electrons. The summed E-state index contributed by atoms with van der Waals surface area (Å²) >= 11 is 1.49. The zero-order valence-electron chi connectivity index (χ0n) is 17.1. The van der Waals surface area contributed by atoms with Crippen molar-refractivity contribution in [3.63, 3.8) is 0 Å². The van der Waals surface area contributed by atoms with Crippen molar-refractivity contribution in [2.24, 2.45) is 0 Å². The maximum absolute atomic E-state index is 13.0. The van der Waals surface area contributed by atoms with Gasteiger partial charge in [0.25, 0.3) is 11.8 Å². The monoisotopic (exact) mass is 422 g/mol. The molecule has 2 amide bonds. The Bertz CT molecular complexity index is 1010.